The number of nitrogens with two attached hydrogens (primary N) is 1. The Morgan fingerprint density at radius 1 is 1.60 bits per heavy atom. The second-order valence-electron chi connectivity index (χ2n) is 3.93. The van der Waals surface area contributed by atoms with Crippen LogP contribution in [0.4, 0.5) is 0 Å². The van der Waals surface area contributed by atoms with Gasteiger partial charge in [0.2, 0.25) is 10.0 Å². The Hall–Kier alpha value is -1.57. The maximum Gasteiger partial charge on any atom is 0.261 e. The molecule has 0 aromatic heterocycles. The maximum absolute atomic E-state index is 11.6. The molecule has 3 N–H and O–H groups in total. The van der Waals surface area contributed by atoms with Gasteiger partial charge in [0.05, 0.1) is 0 Å². The third-order valence-electron chi connectivity index (χ3n) is 2.31. The maximum atomic E-state index is 11.6. The largest absolute Gasteiger partial charge is 0.479 e. The van der Waals surface area contributed by atoms with Gasteiger partial charge in [0.15, 0.2) is 6.10 Å². The van der Waals surface area contributed by atoms with Crippen LogP contribution in [-0.4, -0.2) is 27.0 Å². The summed E-state index contributed by atoms with van der Waals surface area (Å²) in [7, 11) is -4.00. The molecule has 1 aromatic rings. The number of carbonyl (C=O) groups is 1. The highest BCUT2D eigenvalue weighted by atomic mass is 35.5. The molecule has 0 radical (unpaired) electrons. The fraction of sp³-hybridized carbons (Fsp3) is 0.250. The summed E-state index contributed by atoms with van der Waals surface area (Å²) in [4.78, 5) is 11.4. The molecule has 0 aliphatic heterocycles. The molecule has 110 valence electrons. The lowest BCUT2D eigenvalue weighted by Crippen LogP contribution is -2.36. The first-order chi connectivity index (χ1) is 9.25. The summed E-state index contributed by atoms with van der Waals surface area (Å²) in [5.74, 6) is -0.432. The number of carbonyl (C=O) groups excluding carboxylic acids is 1. The Kier molecular flexibility index (Phi) is 5.55. The van der Waals surface area contributed by atoms with Crippen LogP contribution in [0.3, 0.4) is 0 Å². The number of hydrogen-bond donors (Lipinski definition) is 2. The molecule has 0 saturated heterocycles. The first kappa shape index (κ1) is 16.5. The van der Waals surface area contributed by atoms with Gasteiger partial charge in [-0.25, -0.2) is 13.6 Å². The predicted octanol–water partition coefficient (Wildman–Crippen LogP) is 1.06. The lowest BCUT2D eigenvalue weighted by Gasteiger charge is -2.16. The Balaban J connectivity index is 2.98. The number of nitrogens with one attached hydrogen (secondary N) is 1. The Morgan fingerprint density at radius 3 is 2.80 bits per heavy atom. The van der Waals surface area contributed by atoms with E-state index >= 15 is 0 Å². The quantitative estimate of drug-likeness (QED) is 0.766. The number of benzene rings is 1. The summed E-state index contributed by atoms with van der Waals surface area (Å²) in [6.07, 6.45) is 0.625. The molecular formula is C12H15ClN2O4S. The van der Waals surface area contributed by atoms with E-state index in [1.807, 2.05) is 0 Å². The van der Waals surface area contributed by atoms with Crippen molar-refractivity contribution in [2.24, 2.45) is 5.14 Å². The van der Waals surface area contributed by atoms with Gasteiger partial charge in [-0.1, -0.05) is 17.7 Å². The van der Waals surface area contributed by atoms with Gasteiger partial charge >= 0.3 is 0 Å². The van der Waals surface area contributed by atoms with E-state index in [0.29, 0.717) is 0 Å². The molecule has 8 heteroatoms. The molecule has 0 fully saturated rings. The highest BCUT2D eigenvalue weighted by Gasteiger charge is 2.20. The normalized spacial score (nSPS) is 12.6. The van der Waals surface area contributed by atoms with Crippen LogP contribution in [0.25, 0.3) is 0 Å². The van der Waals surface area contributed by atoms with Gasteiger partial charge in [0.25, 0.3) is 5.91 Å². The zero-order valence-electron chi connectivity index (χ0n) is 10.8. The molecule has 0 bridgehead atoms. The number of rotatable bonds is 6. The summed E-state index contributed by atoms with van der Waals surface area (Å²) in [6.45, 7) is 5.24. The summed E-state index contributed by atoms with van der Waals surface area (Å²) in [6, 6.07) is 3.96. The lowest BCUT2D eigenvalue weighted by molar-refractivity contribution is -0.127. The second kappa shape index (κ2) is 6.74. The molecule has 1 unspecified atom stereocenters. The fourth-order valence-corrected chi connectivity index (χ4v) is 2.29. The van der Waals surface area contributed by atoms with E-state index < -0.39 is 22.0 Å². The van der Waals surface area contributed by atoms with Gasteiger partial charge in [-0.3, -0.25) is 4.79 Å². The van der Waals surface area contributed by atoms with E-state index in [1.165, 1.54) is 31.2 Å². The molecule has 0 spiro atoms. The smallest absolute Gasteiger partial charge is 0.261 e. The van der Waals surface area contributed by atoms with Crippen molar-refractivity contribution in [1.29, 1.82) is 0 Å². The first-order valence-corrected chi connectivity index (χ1v) is 7.55. The van der Waals surface area contributed by atoms with E-state index in [-0.39, 0.29) is 22.2 Å². The highest BCUT2D eigenvalue weighted by molar-refractivity contribution is 7.89. The monoisotopic (exact) mass is 318 g/mol. The number of sulfonamides is 1. The topological polar surface area (TPSA) is 98.5 Å². The molecule has 0 saturated carbocycles. The van der Waals surface area contributed by atoms with Crippen LogP contribution in [0.5, 0.6) is 5.75 Å². The van der Waals surface area contributed by atoms with Gasteiger partial charge < -0.3 is 10.1 Å². The van der Waals surface area contributed by atoms with Gasteiger partial charge in [-0.05, 0) is 25.1 Å². The fourth-order valence-electron chi connectivity index (χ4n) is 1.36. The predicted molar refractivity (Wildman–Crippen MR) is 76.1 cm³/mol. The number of hydrogen-bond acceptors (Lipinski definition) is 4. The number of amides is 1. The van der Waals surface area contributed by atoms with Gasteiger partial charge in [-0.2, -0.15) is 0 Å². The molecule has 0 aliphatic carbocycles. The molecular weight excluding hydrogens is 304 g/mol. The Labute approximate surface area is 122 Å². The molecule has 1 atom stereocenters. The minimum absolute atomic E-state index is 0.0295. The minimum atomic E-state index is -4.00. The minimum Gasteiger partial charge on any atom is -0.479 e. The third kappa shape index (κ3) is 4.52. The molecule has 1 amide bonds. The van der Waals surface area contributed by atoms with E-state index in [2.05, 4.69) is 11.9 Å². The van der Waals surface area contributed by atoms with Crippen LogP contribution >= 0.6 is 11.6 Å². The molecule has 1 aromatic carbocycles. The van der Waals surface area contributed by atoms with Crippen LogP contribution in [0.2, 0.25) is 5.02 Å². The van der Waals surface area contributed by atoms with Crippen LogP contribution < -0.4 is 15.2 Å². The van der Waals surface area contributed by atoms with Crippen molar-refractivity contribution >= 4 is 27.5 Å². The van der Waals surface area contributed by atoms with Crippen LogP contribution in [0.1, 0.15) is 6.92 Å². The molecule has 20 heavy (non-hydrogen) atoms. The summed E-state index contributed by atoms with van der Waals surface area (Å²) < 4.78 is 28.2. The first-order valence-electron chi connectivity index (χ1n) is 5.63. The molecule has 0 heterocycles. The Morgan fingerprint density at radius 2 is 2.25 bits per heavy atom. The Bertz CT molecular complexity index is 616. The van der Waals surface area contributed by atoms with Crippen molar-refractivity contribution in [3.63, 3.8) is 0 Å². The average molecular weight is 319 g/mol. The van der Waals surface area contributed by atoms with E-state index in [1.54, 1.807) is 0 Å². The van der Waals surface area contributed by atoms with Crippen molar-refractivity contribution in [2.45, 2.75) is 17.9 Å². The van der Waals surface area contributed by atoms with Crippen LogP contribution in [0, 0.1) is 0 Å². The van der Waals surface area contributed by atoms with Crippen LogP contribution in [0.15, 0.2) is 35.7 Å². The van der Waals surface area contributed by atoms with Crippen molar-refractivity contribution in [2.75, 3.05) is 6.54 Å². The summed E-state index contributed by atoms with van der Waals surface area (Å²) in [5, 5.41) is 7.81. The standard InChI is InChI=1S/C12H15ClN2O4S/c1-3-6-15-12(16)8(2)19-10-5-4-9(13)7-11(10)20(14,17)18/h3-5,7-8H,1,6H2,2H3,(H,15,16)(H2,14,17,18). The summed E-state index contributed by atoms with van der Waals surface area (Å²) >= 11 is 5.72. The van der Waals surface area contributed by atoms with E-state index in [4.69, 9.17) is 21.5 Å². The number of primary sulfonamides is 1. The van der Waals surface area contributed by atoms with Crippen molar-refractivity contribution in [3.05, 3.63) is 35.9 Å². The van der Waals surface area contributed by atoms with E-state index in [9.17, 15) is 13.2 Å². The SMILES string of the molecule is C=CCNC(=O)C(C)Oc1ccc(Cl)cc1S(N)(=O)=O. The van der Waals surface area contributed by atoms with Crippen LogP contribution in [-0.2, 0) is 14.8 Å². The van der Waals surface area contributed by atoms with Gasteiger partial charge in [0.1, 0.15) is 10.6 Å². The third-order valence-corrected chi connectivity index (χ3v) is 3.47. The lowest BCUT2D eigenvalue weighted by atomic mass is 10.3. The number of ether oxygens (including phenoxy) is 1. The van der Waals surface area contributed by atoms with Crippen molar-refractivity contribution in [3.8, 4) is 5.75 Å². The van der Waals surface area contributed by atoms with E-state index in [0.717, 1.165) is 0 Å². The van der Waals surface area contributed by atoms with Gasteiger partial charge in [-0.15, -0.1) is 6.58 Å². The van der Waals surface area contributed by atoms with Crippen molar-refractivity contribution in [1.82, 2.24) is 5.32 Å². The molecule has 0 aliphatic rings. The zero-order valence-corrected chi connectivity index (χ0v) is 12.4. The zero-order chi connectivity index (χ0) is 15.3. The molecule has 1 rings (SSSR count). The number of halogens is 1. The average Bonchev–Trinajstić information content (AvgIpc) is 2.36. The highest BCUT2D eigenvalue weighted by Crippen LogP contribution is 2.27. The van der Waals surface area contributed by atoms with Gasteiger partial charge in [0, 0.05) is 11.6 Å². The van der Waals surface area contributed by atoms with Crippen molar-refractivity contribution < 1.29 is 17.9 Å². The second-order valence-corrected chi connectivity index (χ2v) is 5.90. The molecule has 6 nitrogen and oxygen atoms in total. The summed E-state index contributed by atoms with van der Waals surface area (Å²) in [5.41, 5.74) is 0.